The van der Waals surface area contributed by atoms with E-state index < -0.39 is 0 Å². The third-order valence-electron chi connectivity index (χ3n) is 8.93. The molecule has 0 N–H and O–H groups in total. The summed E-state index contributed by atoms with van der Waals surface area (Å²) in [6.07, 6.45) is 31.1. The quantitative estimate of drug-likeness (QED) is 0.0549. The second-order valence-electron chi connectivity index (χ2n) is 13.0. The highest BCUT2D eigenvalue weighted by molar-refractivity contribution is 5.91. The Bertz CT molecular complexity index is 933. The summed E-state index contributed by atoms with van der Waals surface area (Å²) in [4.78, 5) is 12.6. The maximum Gasteiger partial charge on any atom is 0.343 e. The van der Waals surface area contributed by atoms with Crippen LogP contribution in [0.5, 0.6) is 5.75 Å². The maximum absolute atomic E-state index is 12.6. The van der Waals surface area contributed by atoms with Crippen LogP contribution in [0.25, 0.3) is 0 Å². The van der Waals surface area contributed by atoms with Gasteiger partial charge in [0.1, 0.15) is 5.75 Å². The van der Waals surface area contributed by atoms with E-state index in [1.165, 1.54) is 140 Å². The normalized spacial score (nSPS) is 12.0. The molecule has 0 saturated heterocycles. The van der Waals surface area contributed by atoms with E-state index in [0.717, 1.165) is 25.0 Å². The SMILES string of the molecule is CCCCCCCCCCCCCCCCCCCCOC(C)c1ccc(OC(=O)c2ccc(CCCCCC)cc2)cc1. The Hall–Kier alpha value is -2.13. The van der Waals surface area contributed by atoms with Crippen LogP contribution in [0.15, 0.2) is 48.5 Å². The summed E-state index contributed by atoms with van der Waals surface area (Å²) in [5.74, 6) is 0.256. The molecule has 3 nitrogen and oxygen atoms in total. The van der Waals surface area contributed by atoms with Crippen molar-refractivity contribution in [3.63, 3.8) is 0 Å². The van der Waals surface area contributed by atoms with Gasteiger partial charge in [-0.15, -0.1) is 0 Å². The van der Waals surface area contributed by atoms with Gasteiger partial charge in [0.25, 0.3) is 0 Å². The second kappa shape index (κ2) is 26.1. The minimum atomic E-state index is -0.311. The smallest absolute Gasteiger partial charge is 0.343 e. The third-order valence-corrected chi connectivity index (χ3v) is 8.93. The number of rotatable bonds is 28. The number of carbonyl (C=O) groups excluding carboxylic acids is 1. The number of benzene rings is 2. The van der Waals surface area contributed by atoms with Crippen molar-refractivity contribution in [1.82, 2.24) is 0 Å². The molecule has 3 heteroatoms. The highest BCUT2D eigenvalue weighted by atomic mass is 16.5. The topological polar surface area (TPSA) is 35.5 Å². The first-order valence-corrected chi connectivity index (χ1v) is 18.7. The molecule has 0 aliphatic rings. The van der Waals surface area contributed by atoms with Crippen molar-refractivity contribution in [2.75, 3.05) is 6.61 Å². The van der Waals surface area contributed by atoms with Crippen LogP contribution in [0, 0.1) is 0 Å². The number of ether oxygens (including phenoxy) is 2. The van der Waals surface area contributed by atoms with Gasteiger partial charge in [-0.3, -0.25) is 0 Å². The van der Waals surface area contributed by atoms with E-state index in [4.69, 9.17) is 9.47 Å². The number of hydrogen-bond acceptors (Lipinski definition) is 3. The van der Waals surface area contributed by atoms with Crippen LogP contribution in [-0.2, 0) is 11.2 Å². The molecule has 2 rings (SSSR count). The van der Waals surface area contributed by atoms with Gasteiger partial charge in [-0.25, -0.2) is 4.79 Å². The zero-order valence-electron chi connectivity index (χ0n) is 28.9. The first-order chi connectivity index (χ1) is 21.6. The first-order valence-electron chi connectivity index (χ1n) is 18.7. The molecule has 0 fully saturated rings. The lowest BCUT2D eigenvalue weighted by molar-refractivity contribution is 0.0627. The number of unbranched alkanes of at least 4 members (excludes halogenated alkanes) is 20. The Morgan fingerprint density at radius 2 is 0.977 bits per heavy atom. The number of esters is 1. The average Bonchev–Trinajstić information content (AvgIpc) is 3.04. The molecule has 0 aliphatic carbocycles. The molecule has 0 radical (unpaired) electrons. The van der Waals surface area contributed by atoms with Gasteiger partial charge in [0, 0.05) is 6.61 Å². The summed E-state index contributed by atoms with van der Waals surface area (Å²) < 4.78 is 11.7. The Kier molecular flexibility index (Phi) is 22.6. The highest BCUT2D eigenvalue weighted by Gasteiger charge is 2.11. The average molecular weight is 607 g/mol. The summed E-state index contributed by atoms with van der Waals surface area (Å²) in [5, 5.41) is 0. The summed E-state index contributed by atoms with van der Waals surface area (Å²) in [6, 6.07) is 15.6. The molecule has 0 saturated carbocycles. The van der Waals surface area contributed by atoms with Crippen molar-refractivity contribution in [1.29, 1.82) is 0 Å². The summed E-state index contributed by atoms with van der Waals surface area (Å²) in [7, 11) is 0. The van der Waals surface area contributed by atoms with Crippen molar-refractivity contribution in [2.45, 2.75) is 175 Å². The van der Waals surface area contributed by atoms with E-state index >= 15 is 0 Å². The maximum atomic E-state index is 12.6. The lowest BCUT2D eigenvalue weighted by atomic mass is 10.0. The molecule has 0 aliphatic heterocycles. The van der Waals surface area contributed by atoms with Crippen LogP contribution in [0.1, 0.15) is 190 Å². The lowest BCUT2D eigenvalue weighted by Crippen LogP contribution is -2.08. The minimum Gasteiger partial charge on any atom is -0.423 e. The van der Waals surface area contributed by atoms with Crippen molar-refractivity contribution in [3.8, 4) is 5.75 Å². The van der Waals surface area contributed by atoms with E-state index in [1.807, 2.05) is 48.5 Å². The zero-order chi connectivity index (χ0) is 31.5. The molecule has 0 heterocycles. The van der Waals surface area contributed by atoms with Crippen molar-refractivity contribution < 1.29 is 14.3 Å². The van der Waals surface area contributed by atoms with Gasteiger partial charge in [0.15, 0.2) is 0 Å². The Balaban J connectivity index is 1.44. The fourth-order valence-electron chi connectivity index (χ4n) is 5.90. The Labute approximate surface area is 271 Å². The molecule has 0 amide bonds. The molecule has 0 aromatic heterocycles. The monoisotopic (exact) mass is 607 g/mol. The van der Waals surface area contributed by atoms with Crippen LogP contribution < -0.4 is 4.74 Å². The predicted molar refractivity (Wildman–Crippen MR) is 189 cm³/mol. The molecule has 0 spiro atoms. The van der Waals surface area contributed by atoms with Crippen LogP contribution in [-0.4, -0.2) is 12.6 Å². The van der Waals surface area contributed by atoms with Gasteiger partial charge in [0.2, 0.25) is 0 Å². The number of carbonyl (C=O) groups is 1. The van der Waals surface area contributed by atoms with Gasteiger partial charge < -0.3 is 9.47 Å². The Morgan fingerprint density at radius 3 is 1.45 bits per heavy atom. The van der Waals surface area contributed by atoms with E-state index in [0.29, 0.717) is 11.3 Å². The van der Waals surface area contributed by atoms with Crippen molar-refractivity contribution in [3.05, 3.63) is 65.2 Å². The molecular formula is C41H66O3. The summed E-state index contributed by atoms with van der Waals surface area (Å²) >= 11 is 0. The van der Waals surface area contributed by atoms with Gasteiger partial charge in [-0.1, -0.05) is 167 Å². The van der Waals surface area contributed by atoms with Crippen LogP contribution in [0.2, 0.25) is 0 Å². The largest absolute Gasteiger partial charge is 0.423 e. The van der Waals surface area contributed by atoms with Crippen LogP contribution >= 0.6 is 0 Å². The number of aryl methyl sites for hydroxylation is 1. The summed E-state index contributed by atoms with van der Waals surface area (Å²) in [6.45, 7) is 7.41. The lowest BCUT2D eigenvalue weighted by Gasteiger charge is -2.14. The van der Waals surface area contributed by atoms with Crippen LogP contribution in [0.4, 0.5) is 0 Å². The molecule has 1 unspecified atom stereocenters. The minimum absolute atomic E-state index is 0.0374. The fourth-order valence-corrected chi connectivity index (χ4v) is 5.90. The molecular weight excluding hydrogens is 540 g/mol. The van der Waals surface area contributed by atoms with Crippen molar-refractivity contribution >= 4 is 5.97 Å². The van der Waals surface area contributed by atoms with E-state index in [9.17, 15) is 4.79 Å². The van der Waals surface area contributed by atoms with Crippen molar-refractivity contribution in [2.24, 2.45) is 0 Å². The fraction of sp³-hybridized carbons (Fsp3) is 0.683. The molecule has 44 heavy (non-hydrogen) atoms. The number of hydrogen-bond donors (Lipinski definition) is 0. The standard InChI is InChI=1S/C41H66O3/c1-4-6-8-10-11-12-13-14-15-16-17-18-19-20-21-22-23-25-35-43-36(3)38-31-33-40(34-32-38)44-41(42)39-29-27-37(28-30-39)26-24-9-7-5-2/h27-34,36H,4-26,35H2,1-3H3. The van der Waals surface area contributed by atoms with Gasteiger partial charge in [-0.2, -0.15) is 0 Å². The van der Waals surface area contributed by atoms with Gasteiger partial charge >= 0.3 is 5.97 Å². The van der Waals surface area contributed by atoms with E-state index in [1.54, 1.807) is 0 Å². The molecule has 1 atom stereocenters. The highest BCUT2D eigenvalue weighted by Crippen LogP contribution is 2.22. The molecule has 2 aromatic rings. The van der Waals surface area contributed by atoms with E-state index in [2.05, 4.69) is 20.8 Å². The third kappa shape index (κ3) is 18.6. The first kappa shape index (κ1) is 38.1. The molecule has 0 bridgehead atoms. The predicted octanol–water partition coefficient (Wildman–Crippen LogP) is 13.1. The Morgan fingerprint density at radius 1 is 0.545 bits per heavy atom. The van der Waals surface area contributed by atoms with Gasteiger partial charge in [0.05, 0.1) is 11.7 Å². The van der Waals surface area contributed by atoms with E-state index in [-0.39, 0.29) is 12.1 Å². The summed E-state index contributed by atoms with van der Waals surface area (Å²) in [5.41, 5.74) is 2.98. The second-order valence-corrected chi connectivity index (χ2v) is 13.0. The zero-order valence-corrected chi connectivity index (χ0v) is 28.9. The van der Waals surface area contributed by atoms with Gasteiger partial charge in [-0.05, 0) is 61.6 Å². The van der Waals surface area contributed by atoms with Crippen LogP contribution in [0.3, 0.4) is 0 Å². The molecule has 2 aromatic carbocycles. The molecule has 248 valence electrons.